The van der Waals surface area contributed by atoms with Crippen LogP contribution >= 0.6 is 0 Å². The zero-order chi connectivity index (χ0) is 15.1. The summed E-state index contributed by atoms with van der Waals surface area (Å²) in [4.78, 5) is 0. The number of nitrogens with zero attached hydrogens (tertiary/aromatic N) is 1. The monoisotopic (exact) mass is 303 g/mol. The average molecular weight is 304 g/mol. The predicted octanol–water partition coefficient (Wildman–Crippen LogP) is 4.33. The normalized spacial score (nSPS) is 23.6. The summed E-state index contributed by atoms with van der Waals surface area (Å²) in [5.74, 6) is 0. The summed E-state index contributed by atoms with van der Waals surface area (Å²) in [6.45, 7) is 1.96. The van der Waals surface area contributed by atoms with E-state index in [-0.39, 0.29) is 0 Å². The van der Waals surface area contributed by atoms with Crippen LogP contribution in [0.3, 0.4) is 0 Å². The molecule has 120 valence electrons. The first-order valence-corrected chi connectivity index (χ1v) is 9.76. The maximum Gasteiger partial charge on any atom is 0.219 e. The molecule has 1 aliphatic rings. The van der Waals surface area contributed by atoms with Gasteiger partial charge in [-0.2, -0.15) is 0 Å². The molecule has 1 saturated carbocycles. The Morgan fingerprint density at radius 2 is 1.00 bits per heavy atom. The Morgan fingerprint density at radius 3 is 1.30 bits per heavy atom. The van der Waals surface area contributed by atoms with E-state index in [0.29, 0.717) is 0 Å². The maximum absolute atomic E-state index is 12.6. The van der Waals surface area contributed by atoms with Crippen molar-refractivity contribution >= 4 is 10.0 Å². The Morgan fingerprint density at radius 1 is 0.700 bits per heavy atom. The fourth-order valence-corrected chi connectivity index (χ4v) is 4.92. The molecule has 0 saturated heterocycles. The lowest BCUT2D eigenvalue weighted by Gasteiger charge is -2.32. The van der Waals surface area contributed by atoms with Crippen molar-refractivity contribution < 1.29 is 8.42 Å². The molecule has 1 aliphatic carbocycles. The Bertz CT molecular complexity index is 349. The van der Waals surface area contributed by atoms with Crippen molar-refractivity contribution in [1.82, 2.24) is 4.31 Å². The van der Waals surface area contributed by atoms with Gasteiger partial charge in [0.1, 0.15) is 0 Å². The Kier molecular flexibility index (Phi) is 7.52. The molecule has 0 aliphatic heterocycles. The van der Waals surface area contributed by atoms with Gasteiger partial charge in [0.25, 0.3) is 0 Å². The van der Waals surface area contributed by atoms with E-state index in [4.69, 9.17) is 0 Å². The zero-order valence-electron chi connectivity index (χ0n) is 13.7. The molecule has 0 amide bonds. The summed E-state index contributed by atoms with van der Waals surface area (Å²) in [6.07, 6.45) is 13.9. The SMILES string of the molecule is CN(C)S(=O)(=O)C1(C)CCCCCCCCCCCC1. The Balaban J connectivity index is 2.73. The summed E-state index contributed by atoms with van der Waals surface area (Å²) in [7, 11) is 0.173. The molecule has 0 spiro atoms. The second-order valence-electron chi connectivity index (χ2n) is 6.77. The summed E-state index contributed by atoms with van der Waals surface area (Å²) in [5, 5.41) is 0. The third-order valence-corrected chi connectivity index (χ3v) is 7.38. The first-order chi connectivity index (χ1) is 9.40. The largest absolute Gasteiger partial charge is 0.219 e. The zero-order valence-corrected chi connectivity index (χ0v) is 14.5. The first kappa shape index (κ1) is 18.0. The minimum absolute atomic E-state index is 0.565. The molecule has 0 radical (unpaired) electrons. The van der Waals surface area contributed by atoms with Crippen LogP contribution in [0.2, 0.25) is 0 Å². The topological polar surface area (TPSA) is 37.4 Å². The number of rotatable bonds is 2. The van der Waals surface area contributed by atoms with Gasteiger partial charge in [-0.3, -0.25) is 0 Å². The third kappa shape index (κ3) is 5.03. The lowest BCUT2D eigenvalue weighted by molar-refractivity contribution is 0.409. The molecule has 1 rings (SSSR count). The number of hydrogen-bond donors (Lipinski definition) is 0. The van der Waals surface area contributed by atoms with Crippen LogP contribution in [0, 0.1) is 0 Å². The Labute approximate surface area is 126 Å². The van der Waals surface area contributed by atoms with E-state index >= 15 is 0 Å². The Hall–Kier alpha value is -0.0900. The van der Waals surface area contributed by atoms with Crippen molar-refractivity contribution in [2.24, 2.45) is 0 Å². The molecule has 4 heteroatoms. The molecule has 0 N–H and O–H groups in total. The molecule has 0 atom stereocenters. The number of hydrogen-bond acceptors (Lipinski definition) is 2. The van der Waals surface area contributed by atoms with Crippen molar-refractivity contribution in [1.29, 1.82) is 0 Å². The van der Waals surface area contributed by atoms with Gasteiger partial charge in [-0.1, -0.05) is 64.2 Å². The van der Waals surface area contributed by atoms with Gasteiger partial charge in [0.15, 0.2) is 0 Å². The van der Waals surface area contributed by atoms with E-state index in [2.05, 4.69) is 0 Å². The molecule has 20 heavy (non-hydrogen) atoms. The fourth-order valence-electron chi connectivity index (χ4n) is 3.24. The molecule has 0 unspecified atom stereocenters. The first-order valence-electron chi connectivity index (χ1n) is 8.32. The van der Waals surface area contributed by atoms with E-state index in [1.165, 1.54) is 55.7 Å². The highest BCUT2D eigenvalue weighted by atomic mass is 32.2. The fraction of sp³-hybridized carbons (Fsp3) is 1.00. The van der Waals surface area contributed by atoms with E-state index in [1.807, 2.05) is 6.92 Å². The van der Waals surface area contributed by atoms with Crippen molar-refractivity contribution in [3.05, 3.63) is 0 Å². The molecule has 0 aromatic heterocycles. The quantitative estimate of drug-likeness (QED) is 0.761. The molecule has 0 aromatic carbocycles. The van der Waals surface area contributed by atoms with Crippen LogP contribution in [0.5, 0.6) is 0 Å². The van der Waals surface area contributed by atoms with E-state index in [1.54, 1.807) is 14.1 Å². The average Bonchev–Trinajstić information content (AvgIpc) is 2.40. The molecule has 0 aromatic rings. The van der Waals surface area contributed by atoms with Gasteiger partial charge >= 0.3 is 0 Å². The van der Waals surface area contributed by atoms with Gasteiger partial charge < -0.3 is 0 Å². The van der Waals surface area contributed by atoms with Gasteiger partial charge in [0.05, 0.1) is 4.75 Å². The van der Waals surface area contributed by atoms with Crippen LogP contribution < -0.4 is 0 Å². The summed E-state index contributed by atoms with van der Waals surface area (Å²) < 4.78 is 26.1. The highest BCUT2D eigenvalue weighted by molar-refractivity contribution is 7.90. The molecule has 0 bridgehead atoms. The second kappa shape index (κ2) is 8.38. The summed E-state index contributed by atoms with van der Waals surface area (Å²) in [6, 6.07) is 0. The van der Waals surface area contributed by atoms with Crippen molar-refractivity contribution in [3.63, 3.8) is 0 Å². The highest BCUT2D eigenvalue weighted by Gasteiger charge is 2.39. The molecule has 1 fully saturated rings. The minimum Gasteiger partial charge on any atom is -0.212 e. The highest BCUT2D eigenvalue weighted by Crippen LogP contribution is 2.32. The van der Waals surface area contributed by atoms with Crippen LogP contribution in [0.4, 0.5) is 0 Å². The summed E-state index contributed by atoms with van der Waals surface area (Å²) >= 11 is 0. The summed E-state index contributed by atoms with van der Waals surface area (Å²) in [5.41, 5.74) is 0. The van der Waals surface area contributed by atoms with Gasteiger partial charge in [-0.05, 0) is 19.8 Å². The van der Waals surface area contributed by atoms with Gasteiger partial charge in [-0.25, -0.2) is 12.7 Å². The van der Waals surface area contributed by atoms with Crippen molar-refractivity contribution in [2.45, 2.75) is 88.7 Å². The van der Waals surface area contributed by atoms with Crippen molar-refractivity contribution in [3.8, 4) is 0 Å². The smallest absolute Gasteiger partial charge is 0.212 e. The van der Waals surface area contributed by atoms with Crippen LogP contribution in [0.15, 0.2) is 0 Å². The van der Waals surface area contributed by atoms with Gasteiger partial charge in [0, 0.05) is 14.1 Å². The van der Waals surface area contributed by atoms with E-state index in [9.17, 15) is 8.42 Å². The third-order valence-electron chi connectivity index (χ3n) is 4.76. The van der Waals surface area contributed by atoms with Crippen LogP contribution in [0.1, 0.15) is 84.0 Å². The van der Waals surface area contributed by atoms with Crippen molar-refractivity contribution in [2.75, 3.05) is 14.1 Å². The minimum atomic E-state index is -3.16. The maximum atomic E-state index is 12.6. The molecule has 0 heterocycles. The lowest BCUT2D eigenvalue weighted by atomic mass is 9.95. The van der Waals surface area contributed by atoms with Crippen LogP contribution in [-0.4, -0.2) is 31.6 Å². The van der Waals surface area contributed by atoms with Gasteiger partial charge in [-0.15, -0.1) is 0 Å². The predicted molar refractivity (Wildman–Crippen MR) is 86.4 cm³/mol. The van der Waals surface area contributed by atoms with Gasteiger partial charge in [0.2, 0.25) is 10.0 Å². The lowest BCUT2D eigenvalue weighted by Crippen LogP contribution is -2.43. The molecular formula is C16H33NO2S. The number of sulfonamides is 1. The van der Waals surface area contributed by atoms with Crippen LogP contribution in [0.25, 0.3) is 0 Å². The molecular weight excluding hydrogens is 270 g/mol. The van der Waals surface area contributed by atoms with E-state index in [0.717, 1.165) is 25.7 Å². The van der Waals surface area contributed by atoms with E-state index < -0.39 is 14.8 Å². The second-order valence-corrected chi connectivity index (χ2v) is 9.44. The standard InChI is InChI=1S/C16H33NO2S/c1-16(20(18,19)17(2)3)14-12-10-8-6-4-5-7-9-11-13-15-16/h4-15H2,1-3H3. The van der Waals surface area contributed by atoms with Crippen LogP contribution in [-0.2, 0) is 10.0 Å². The molecule has 3 nitrogen and oxygen atoms in total.